The van der Waals surface area contributed by atoms with Crippen LogP contribution in [0.3, 0.4) is 0 Å². The second-order valence-electron chi connectivity index (χ2n) is 6.66. The fourth-order valence-corrected chi connectivity index (χ4v) is 3.07. The second-order valence-corrected chi connectivity index (χ2v) is 6.66. The quantitative estimate of drug-likeness (QED) is 0.829. The lowest BCUT2D eigenvalue weighted by Crippen LogP contribution is -2.27. The van der Waals surface area contributed by atoms with Crippen LogP contribution < -0.4 is 4.90 Å². The van der Waals surface area contributed by atoms with Crippen molar-refractivity contribution in [3.8, 4) is 0 Å². The molecule has 1 aromatic rings. The first-order valence-electron chi connectivity index (χ1n) is 7.90. The van der Waals surface area contributed by atoms with Crippen molar-refractivity contribution in [2.24, 2.45) is 11.8 Å². The van der Waals surface area contributed by atoms with E-state index in [4.69, 9.17) is 5.11 Å². The summed E-state index contributed by atoms with van der Waals surface area (Å²) in [5.74, 6) is 1.13. The first-order valence-corrected chi connectivity index (χ1v) is 7.90. The van der Waals surface area contributed by atoms with Crippen LogP contribution in [0.5, 0.6) is 0 Å². The maximum Gasteiger partial charge on any atom is 0.323 e. The molecule has 2 rings (SSSR count). The van der Waals surface area contributed by atoms with Gasteiger partial charge in [0.1, 0.15) is 6.54 Å². The van der Waals surface area contributed by atoms with Crippen LogP contribution in [0.1, 0.15) is 32.3 Å². The molecule has 6 heteroatoms. The van der Waals surface area contributed by atoms with Gasteiger partial charge in [0.2, 0.25) is 5.95 Å². The van der Waals surface area contributed by atoms with Crippen LogP contribution in [-0.4, -0.2) is 52.6 Å². The summed E-state index contributed by atoms with van der Waals surface area (Å²) in [7, 11) is 1.68. The van der Waals surface area contributed by atoms with Gasteiger partial charge in [0.15, 0.2) is 0 Å². The lowest BCUT2D eigenvalue weighted by atomic mass is 9.97. The molecule has 6 nitrogen and oxygen atoms in total. The Bertz CT molecular complexity index is 489. The van der Waals surface area contributed by atoms with Crippen molar-refractivity contribution < 1.29 is 9.90 Å². The minimum Gasteiger partial charge on any atom is -0.480 e. The van der Waals surface area contributed by atoms with E-state index in [2.05, 4.69) is 28.7 Å². The predicted molar refractivity (Wildman–Crippen MR) is 85.8 cm³/mol. The Balaban J connectivity index is 1.85. The number of hydrogen-bond donors (Lipinski definition) is 1. The van der Waals surface area contributed by atoms with E-state index in [1.165, 1.54) is 17.7 Å². The van der Waals surface area contributed by atoms with E-state index in [1.54, 1.807) is 19.4 Å². The molecule has 1 fully saturated rings. The Morgan fingerprint density at radius 1 is 1.45 bits per heavy atom. The Kier molecular flexibility index (Phi) is 5.71. The highest BCUT2D eigenvalue weighted by atomic mass is 16.4. The third-order valence-electron chi connectivity index (χ3n) is 3.99. The normalized spacial score (nSPS) is 18.8. The number of likely N-dealkylation sites (N-methyl/N-ethyl adjacent to an activating group) is 1. The molecule has 1 saturated heterocycles. The van der Waals surface area contributed by atoms with Gasteiger partial charge in [-0.3, -0.25) is 9.69 Å². The zero-order valence-electron chi connectivity index (χ0n) is 13.7. The van der Waals surface area contributed by atoms with Gasteiger partial charge in [-0.05, 0) is 31.2 Å². The summed E-state index contributed by atoms with van der Waals surface area (Å²) in [5.41, 5.74) is 1.08. The number of anilines is 1. The number of hydrogen-bond acceptors (Lipinski definition) is 5. The zero-order chi connectivity index (χ0) is 16.1. The molecule has 1 aliphatic heterocycles. The van der Waals surface area contributed by atoms with Gasteiger partial charge >= 0.3 is 5.97 Å². The number of carboxylic acid groups (broad SMARTS) is 1. The van der Waals surface area contributed by atoms with Crippen molar-refractivity contribution in [3.63, 3.8) is 0 Å². The summed E-state index contributed by atoms with van der Waals surface area (Å²) in [6, 6.07) is 0. The van der Waals surface area contributed by atoms with E-state index in [-0.39, 0.29) is 6.54 Å². The summed E-state index contributed by atoms with van der Waals surface area (Å²) in [5, 5.41) is 8.77. The fourth-order valence-electron chi connectivity index (χ4n) is 3.07. The summed E-state index contributed by atoms with van der Waals surface area (Å²) < 4.78 is 0. The van der Waals surface area contributed by atoms with Crippen molar-refractivity contribution in [2.75, 3.05) is 31.6 Å². The van der Waals surface area contributed by atoms with Crippen molar-refractivity contribution in [1.29, 1.82) is 0 Å². The van der Waals surface area contributed by atoms with E-state index in [1.807, 2.05) is 0 Å². The summed E-state index contributed by atoms with van der Waals surface area (Å²) in [4.78, 5) is 23.2. The Morgan fingerprint density at radius 2 is 2.14 bits per heavy atom. The Morgan fingerprint density at radius 3 is 2.73 bits per heavy atom. The van der Waals surface area contributed by atoms with Crippen LogP contribution in [0.2, 0.25) is 0 Å². The van der Waals surface area contributed by atoms with Crippen LogP contribution >= 0.6 is 0 Å². The van der Waals surface area contributed by atoms with Gasteiger partial charge in [-0.15, -0.1) is 0 Å². The molecule has 0 saturated carbocycles. The molecule has 0 aromatic carbocycles. The average molecular weight is 306 g/mol. The number of rotatable bonds is 7. The summed E-state index contributed by atoms with van der Waals surface area (Å²) in [6.07, 6.45) is 6.18. The SMILES string of the molecule is CC(C)C[C@@H]1CCN(Cc2cnc(N(C)CC(=O)O)nc2)C1. The van der Waals surface area contributed by atoms with Crippen LogP contribution in [0.25, 0.3) is 0 Å². The summed E-state index contributed by atoms with van der Waals surface area (Å²) in [6.45, 7) is 7.63. The molecular weight excluding hydrogens is 280 g/mol. The first kappa shape index (κ1) is 16.7. The molecule has 2 heterocycles. The van der Waals surface area contributed by atoms with E-state index in [0.29, 0.717) is 5.95 Å². The predicted octanol–water partition coefficient (Wildman–Crippen LogP) is 1.87. The van der Waals surface area contributed by atoms with Crippen LogP contribution in [0.15, 0.2) is 12.4 Å². The van der Waals surface area contributed by atoms with E-state index >= 15 is 0 Å². The minimum absolute atomic E-state index is 0.0949. The Labute approximate surface area is 132 Å². The molecule has 22 heavy (non-hydrogen) atoms. The standard InChI is InChI=1S/C16H26N4O2/c1-12(2)6-13-4-5-20(9-13)10-14-7-17-16(18-8-14)19(3)11-15(21)22/h7-8,12-13H,4-6,9-11H2,1-3H3,(H,21,22)/t13-/m0/s1. The molecule has 0 aliphatic carbocycles. The lowest BCUT2D eigenvalue weighted by Gasteiger charge is -2.18. The first-order chi connectivity index (χ1) is 10.4. The van der Waals surface area contributed by atoms with E-state index in [0.717, 1.165) is 37.0 Å². The van der Waals surface area contributed by atoms with Crippen molar-refractivity contribution in [1.82, 2.24) is 14.9 Å². The number of carboxylic acids is 1. The highest BCUT2D eigenvalue weighted by Crippen LogP contribution is 2.24. The van der Waals surface area contributed by atoms with E-state index in [9.17, 15) is 4.79 Å². The third-order valence-corrected chi connectivity index (χ3v) is 3.99. The smallest absolute Gasteiger partial charge is 0.323 e. The number of likely N-dealkylation sites (tertiary alicyclic amines) is 1. The lowest BCUT2D eigenvalue weighted by molar-refractivity contribution is -0.135. The third kappa shape index (κ3) is 4.94. The van der Waals surface area contributed by atoms with Gasteiger partial charge in [0.05, 0.1) is 0 Å². The molecule has 1 N–H and O–H groups in total. The molecule has 1 aromatic heterocycles. The molecule has 1 aliphatic rings. The van der Waals surface area contributed by atoms with Gasteiger partial charge in [-0.2, -0.15) is 0 Å². The number of nitrogens with zero attached hydrogens (tertiary/aromatic N) is 4. The molecule has 0 amide bonds. The summed E-state index contributed by atoms with van der Waals surface area (Å²) >= 11 is 0. The van der Waals surface area contributed by atoms with Crippen LogP contribution in [-0.2, 0) is 11.3 Å². The molecular formula is C16H26N4O2. The van der Waals surface area contributed by atoms with Gasteiger partial charge in [0, 0.05) is 38.1 Å². The van der Waals surface area contributed by atoms with Crippen LogP contribution in [0, 0.1) is 11.8 Å². The number of aromatic nitrogens is 2. The fraction of sp³-hybridized carbons (Fsp3) is 0.688. The second kappa shape index (κ2) is 7.54. The molecule has 1 atom stereocenters. The van der Waals surface area contributed by atoms with Crippen molar-refractivity contribution in [3.05, 3.63) is 18.0 Å². The van der Waals surface area contributed by atoms with Crippen molar-refractivity contribution in [2.45, 2.75) is 33.2 Å². The highest BCUT2D eigenvalue weighted by Gasteiger charge is 2.23. The molecule has 0 spiro atoms. The van der Waals surface area contributed by atoms with Crippen molar-refractivity contribution >= 4 is 11.9 Å². The Hall–Kier alpha value is -1.69. The van der Waals surface area contributed by atoms with Gasteiger partial charge in [0.25, 0.3) is 0 Å². The maximum absolute atomic E-state index is 10.7. The highest BCUT2D eigenvalue weighted by molar-refractivity contribution is 5.72. The number of aliphatic carboxylic acids is 1. The van der Waals surface area contributed by atoms with E-state index < -0.39 is 5.97 Å². The monoisotopic (exact) mass is 306 g/mol. The largest absolute Gasteiger partial charge is 0.480 e. The van der Waals surface area contributed by atoms with Gasteiger partial charge in [-0.1, -0.05) is 13.8 Å². The van der Waals surface area contributed by atoms with Crippen LogP contribution in [0.4, 0.5) is 5.95 Å². The van der Waals surface area contributed by atoms with Gasteiger partial charge < -0.3 is 10.0 Å². The molecule has 0 radical (unpaired) electrons. The zero-order valence-corrected chi connectivity index (χ0v) is 13.7. The molecule has 0 unspecified atom stereocenters. The maximum atomic E-state index is 10.7. The molecule has 122 valence electrons. The topological polar surface area (TPSA) is 69.6 Å². The minimum atomic E-state index is -0.886. The number of carbonyl (C=O) groups is 1. The average Bonchev–Trinajstić information content (AvgIpc) is 2.85. The molecule has 0 bridgehead atoms. The van der Waals surface area contributed by atoms with Gasteiger partial charge in [-0.25, -0.2) is 9.97 Å².